The third-order valence-electron chi connectivity index (χ3n) is 1.88. The van der Waals surface area contributed by atoms with Gasteiger partial charge in [-0.05, 0) is 6.07 Å². The van der Waals surface area contributed by atoms with Crippen molar-refractivity contribution >= 4 is 23.7 Å². The van der Waals surface area contributed by atoms with E-state index in [2.05, 4.69) is 17.9 Å². The minimum atomic E-state index is -0.503. The van der Waals surface area contributed by atoms with E-state index in [1.54, 1.807) is 12.1 Å². The molecule has 2 N–H and O–H groups in total. The van der Waals surface area contributed by atoms with Gasteiger partial charge in [-0.2, -0.15) is 0 Å². The van der Waals surface area contributed by atoms with Gasteiger partial charge in [0.2, 0.25) is 11.0 Å². The van der Waals surface area contributed by atoms with Gasteiger partial charge in [0.1, 0.15) is 5.75 Å². The lowest BCUT2D eigenvalue weighted by Gasteiger charge is -2.07. The van der Waals surface area contributed by atoms with Crippen molar-refractivity contribution in [1.29, 1.82) is 0 Å². The maximum Gasteiger partial charge on any atom is 0.220 e. The van der Waals surface area contributed by atoms with Crippen molar-refractivity contribution in [3.63, 3.8) is 0 Å². The zero-order chi connectivity index (χ0) is 11.4. The molecule has 0 radical (unpaired) electrons. The summed E-state index contributed by atoms with van der Waals surface area (Å²) in [5.74, 6) is -0.330. The quantitative estimate of drug-likeness (QED) is 0.675. The number of phenolic OH excluding ortho intramolecular Hbond substituents is 1. The van der Waals surface area contributed by atoms with E-state index >= 15 is 0 Å². The molecular formula is C10H11NO3S. The van der Waals surface area contributed by atoms with E-state index in [9.17, 15) is 14.7 Å². The minimum Gasteiger partial charge on any atom is -0.507 e. The van der Waals surface area contributed by atoms with Gasteiger partial charge in [0.05, 0.1) is 5.56 Å². The average Bonchev–Trinajstić information content (AvgIpc) is 2.15. The number of phenols is 1. The molecule has 15 heavy (non-hydrogen) atoms. The lowest BCUT2D eigenvalue weighted by atomic mass is 10.1. The molecule has 0 bridgehead atoms. The van der Waals surface area contributed by atoms with Crippen LogP contribution >= 0.6 is 12.6 Å². The third kappa shape index (κ3) is 2.99. The zero-order valence-corrected chi connectivity index (χ0v) is 9.04. The molecule has 0 aliphatic heterocycles. The van der Waals surface area contributed by atoms with E-state index in [1.807, 2.05) is 0 Å². The topological polar surface area (TPSA) is 66.4 Å². The Hall–Kier alpha value is -1.49. The molecule has 0 aromatic heterocycles. The van der Waals surface area contributed by atoms with Gasteiger partial charge in [-0.15, -0.1) is 12.6 Å². The Kier molecular flexibility index (Phi) is 3.74. The fourth-order valence-electron chi connectivity index (χ4n) is 1.13. The largest absolute Gasteiger partial charge is 0.507 e. The highest BCUT2D eigenvalue weighted by atomic mass is 32.1. The van der Waals surface area contributed by atoms with Crippen molar-refractivity contribution in [3.05, 3.63) is 29.3 Å². The maximum atomic E-state index is 11.0. The Morgan fingerprint density at radius 2 is 2.13 bits per heavy atom. The summed E-state index contributed by atoms with van der Waals surface area (Å²) in [4.78, 5) is 21.6. The van der Waals surface area contributed by atoms with Crippen LogP contribution in [0.2, 0.25) is 0 Å². The molecule has 80 valence electrons. The summed E-state index contributed by atoms with van der Waals surface area (Å²) >= 11 is 3.63. The van der Waals surface area contributed by atoms with Crippen LogP contribution in [0, 0.1) is 0 Å². The zero-order valence-electron chi connectivity index (χ0n) is 8.15. The summed E-state index contributed by atoms with van der Waals surface area (Å²) in [5.41, 5.74) is 0.631. The van der Waals surface area contributed by atoms with Crippen LogP contribution in [0.1, 0.15) is 22.8 Å². The Morgan fingerprint density at radius 3 is 2.67 bits per heavy atom. The fraction of sp³-hybridized carbons (Fsp3) is 0.200. The van der Waals surface area contributed by atoms with Gasteiger partial charge in [0, 0.05) is 19.0 Å². The second-order valence-electron chi connectivity index (χ2n) is 3.03. The second kappa shape index (κ2) is 4.84. The predicted octanol–water partition coefficient (Wildman–Crippen LogP) is 1.10. The molecule has 1 aromatic carbocycles. The minimum absolute atomic E-state index is 0.133. The maximum absolute atomic E-state index is 11.0. The standard InChI is InChI=1S/C10H11NO3S/c1-6(12)11-5-7-3-2-4-8(9(7)13)10(14)15/h2-4,13H,5H2,1H3,(H,11,12)(H,14,15). The lowest BCUT2D eigenvalue weighted by molar-refractivity contribution is -0.119. The number of para-hydroxylation sites is 1. The molecule has 1 amide bonds. The number of amides is 1. The summed E-state index contributed by atoms with van der Waals surface area (Å²) in [6.45, 7) is 1.57. The van der Waals surface area contributed by atoms with Crippen LogP contribution in [0.3, 0.4) is 0 Å². The van der Waals surface area contributed by atoms with Crippen molar-refractivity contribution in [2.45, 2.75) is 13.5 Å². The number of aromatic hydroxyl groups is 1. The Labute approximate surface area is 92.7 Å². The van der Waals surface area contributed by atoms with E-state index in [1.165, 1.54) is 13.0 Å². The number of nitrogens with one attached hydrogen (secondary N) is 1. The first-order valence-corrected chi connectivity index (χ1v) is 4.75. The molecule has 0 fully saturated rings. The van der Waals surface area contributed by atoms with E-state index in [0.29, 0.717) is 5.56 Å². The highest BCUT2D eigenvalue weighted by Gasteiger charge is 2.10. The van der Waals surface area contributed by atoms with Crippen molar-refractivity contribution in [3.8, 4) is 5.75 Å². The molecule has 5 heteroatoms. The predicted molar refractivity (Wildman–Crippen MR) is 58.9 cm³/mol. The molecule has 0 saturated heterocycles. The van der Waals surface area contributed by atoms with Crippen LogP contribution in [0.25, 0.3) is 0 Å². The van der Waals surface area contributed by atoms with Gasteiger partial charge in [-0.25, -0.2) is 0 Å². The number of carbonyl (C=O) groups is 2. The van der Waals surface area contributed by atoms with Crippen LogP contribution in [0.5, 0.6) is 5.75 Å². The molecule has 1 aromatic rings. The molecule has 0 spiro atoms. The number of benzene rings is 1. The molecule has 4 nitrogen and oxygen atoms in total. The lowest BCUT2D eigenvalue weighted by Crippen LogP contribution is -2.19. The summed E-state index contributed by atoms with van der Waals surface area (Å²) in [5, 5.41) is 11.7. The Bertz CT molecular complexity index is 404. The number of carbonyl (C=O) groups excluding carboxylic acids is 2. The molecule has 1 rings (SSSR count). The molecule has 0 heterocycles. The Morgan fingerprint density at radius 1 is 1.47 bits per heavy atom. The van der Waals surface area contributed by atoms with Crippen LogP contribution in [0.4, 0.5) is 0 Å². The summed E-state index contributed by atoms with van der Waals surface area (Å²) in [6.07, 6.45) is 0. The van der Waals surface area contributed by atoms with Crippen molar-refractivity contribution in [2.24, 2.45) is 0 Å². The summed E-state index contributed by atoms with van der Waals surface area (Å²) in [7, 11) is 0. The van der Waals surface area contributed by atoms with E-state index < -0.39 is 5.12 Å². The van der Waals surface area contributed by atoms with Crippen LogP contribution in [-0.4, -0.2) is 16.1 Å². The van der Waals surface area contributed by atoms with E-state index in [-0.39, 0.29) is 23.8 Å². The number of rotatable bonds is 3. The average molecular weight is 225 g/mol. The SMILES string of the molecule is CC(=O)NCc1cccc(C(=O)S)c1O. The molecule has 0 aliphatic rings. The highest BCUT2D eigenvalue weighted by molar-refractivity contribution is 7.97. The smallest absolute Gasteiger partial charge is 0.220 e. The third-order valence-corrected chi connectivity index (χ3v) is 2.12. The molecule has 0 saturated carbocycles. The van der Waals surface area contributed by atoms with E-state index in [0.717, 1.165) is 0 Å². The fourth-order valence-corrected chi connectivity index (χ4v) is 1.31. The van der Waals surface area contributed by atoms with Crippen LogP contribution < -0.4 is 5.32 Å². The first-order valence-electron chi connectivity index (χ1n) is 4.31. The van der Waals surface area contributed by atoms with Crippen LogP contribution in [0.15, 0.2) is 18.2 Å². The van der Waals surface area contributed by atoms with Gasteiger partial charge < -0.3 is 10.4 Å². The molecule has 0 atom stereocenters. The van der Waals surface area contributed by atoms with Gasteiger partial charge in [0.15, 0.2) is 0 Å². The van der Waals surface area contributed by atoms with Gasteiger partial charge >= 0.3 is 0 Å². The van der Waals surface area contributed by atoms with Crippen LogP contribution in [-0.2, 0) is 11.3 Å². The van der Waals surface area contributed by atoms with Gasteiger partial charge in [-0.3, -0.25) is 9.59 Å². The highest BCUT2D eigenvalue weighted by Crippen LogP contribution is 2.23. The molecule has 0 unspecified atom stereocenters. The van der Waals surface area contributed by atoms with Crippen molar-refractivity contribution in [2.75, 3.05) is 0 Å². The number of hydrogen-bond acceptors (Lipinski definition) is 3. The first-order chi connectivity index (χ1) is 7.02. The van der Waals surface area contributed by atoms with Crippen molar-refractivity contribution in [1.82, 2.24) is 5.32 Å². The first kappa shape index (κ1) is 11.6. The second-order valence-corrected chi connectivity index (χ2v) is 3.43. The monoisotopic (exact) mass is 225 g/mol. The number of hydrogen-bond donors (Lipinski definition) is 3. The van der Waals surface area contributed by atoms with Gasteiger partial charge in [0.25, 0.3) is 0 Å². The summed E-state index contributed by atoms with van der Waals surface area (Å²) < 4.78 is 0. The van der Waals surface area contributed by atoms with E-state index in [4.69, 9.17) is 0 Å². The normalized spacial score (nSPS) is 9.73. The molecule has 0 aliphatic carbocycles. The van der Waals surface area contributed by atoms with Crippen molar-refractivity contribution < 1.29 is 14.7 Å². The van der Waals surface area contributed by atoms with Gasteiger partial charge in [-0.1, -0.05) is 12.1 Å². The Balaban J connectivity index is 2.94. The molecular weight excluding hydrogens is 214 g/mol. The number of thiol groups is 1. The summed E-state index contributed by atoms with van der Waals surface area (Å²) in [6, 6.07) is 4.73.